The van der Waals surface area contributed by atoms with Gasteiger partial charge in [0.25, 0.3) is 5.91 Å². The van der Waals surface area contributed by atoms with Gasteiger partial charge in [-0.05, 0) is 35.0 Å². The first-order chi connectivity index (χ1) is 16.7. The summed E-state index contributed by atoms with van der Waals surface area (Å²) in [4.78, 5) is 22.5. The number of rotatable bonds is 6. The topological polar surface area (TPSA) is 71.6 Å². The van der Waals surface area contributed by atoms with Crippen LogP contribution in [0.15, 0.2) is 73.1 Å². The molecule has 0 bridgehead atoms. The third-order valence-electron chi connectivity index (χ3n) is 5.38. The number of hydrogen-bond donors (Lipinski definition) is 3. The minimum absolute atomic E-state index is 0.0335. The molecule has 11 heteroatoms. The van der Waals surface area contributed by atoms with Gasteiger partial charge in [-0.1, -0.05) is 59.6 Å². The molecule has 1 amide bonds. The Labute approximate surface area is 208 Å². The van der Waals surface area contributed by atoms with E-state index >= 15 is 0 Å². The standard InChI is InChI=1S/C24H18Cl2F3N3O3/c1-34-31-11-10-30-22(33)18-8-7-17(15-4-2-3-5-16(15)18)21-13-23(35-32-21,24(27,28)29)14-6-9-19(25)20(26)12-14/h2-13,31-32H,1H3,(H,30,33). The Morgan fingerprint density at radius 2 is 1.80 bits per heavy atom. The SMILES string of the molecule is CONC=CNC(=O)c1ccc(C2=CC(c3ccc(Cl)c(Cl)c3)(C(F)(F)F)ON2)c2ccccc12. The van der Waals surface area contributed by atoms with Crippen LogP contribution >= 0.6 is 23.2 Å². The molecular formula is C24H18Cl2F3N3O3. The van der Waals surface area contributed by atoms with Crippen molar-refractivity contribution < 1.29 is 27.6 Å². The van der Waals surface area contributed by atoms with Crippen molar-refractivity contribution in [2.24, 2.45) is 0 Å². The molecule has 1 aliphatic rings. The van der Waals surface area contributed by atoms with Crippen molar-refractivity contribution >= 4 is 45.6 Å². The van der Waals surface area contributed by atoms with E-state index in [2.05, 4.69) is 21.1 Å². The number of fused-ring (bicyclic) bond motifs is 1. The minimum atomic E-state index is -4.82. The smallest absolute Gasteiger partial charge is 0.327 e. The highest BCUT2D eigenvalue weighted by atomic mass is 35.5. The molecule has 0 aliphatic carbocycles. The monoisotopic (exact) mass is 523 g/mol. The third kappa shape index (κ3) is 4.68. The molecule has 0 saturated carbocycles. The van der Waals surface area contributed by atoms with Crippen molar-refractivity contribution in [1.29, 1.82) is 0 Å². The Balaban J connectivity index is 1.79. The van der Waals surface area contributed by atoms with Gasteiger partial charge in [0.15, 0.2) is 0 Å². The Morgan fingerprint density at radius 3 is 2.49 bits per heavy atom. The lowest BCUT2D eigenvalue weighted by atomic mass is 9.90. The lowest BCUT2D eigenvalue weighted by Crippen LogP contribution is -2.42. The average Bonchev–Trinajstić information content (AvgIpc) is 3.29. The van der Waals surface area contributed by atoms with Crippen molar-refractivity contribution in [3.8, 4) is 0 Å². The molecule has 1 aliphatic heterocycles. The van der Waals surface area contributed by atoms with Crippen LogP contribution in [0.5, 0.6) is 0 Å². The van der Waals surface area contributed by atoms with Crippen LogP contribution in [-0.4, -0.2) is 19.2 Å². The zero-order chi connectivity index (χ0) is 25.2. The van der Waals surface area contributed by atoms with Gasteiger partial charge >= 0.3 is 6.18 Å². The molecule has 182 valence electrons. The van der Waals surface area contributed by atoms with Crippen molar-refractivity contribution in [3.05, 3.63) is 99.8 Å². The first-order valence-corrected chi connectivity index (χ1v) is 10.9. The number of nitrogens with one attached hydrogen (secondary N) is 3. The van der Waals surface area contributed by atoms with E-state index in [1.54, 1.807) is 30.3 Å². The van der Waals surface area contributed by atoms with Gasteiger partial charge in [0.1, 0.15) is 0 Å². The van der Waals surface area contributed by atoms with E-state index in [0.29, 0.717) is 21.9 Å². The third-order valence-corrected chi connectivity index (χ3v) is 6.12. The van der Waals surface area contributed by atoms with E-state index in [1.807, 2.05) is 0 Å². The second kappa shape index (κ2) is 9.79. The highest BCUT2D eigenvalue weighted by Crippen LogP contribution is 2.48. The largest absolute Gasteiger partial charge is 0.428 e. The normalized spacial score (nSPS) is 17.9. The lowest BCUT2D eigenvalue weighted by Gasteiger charge is -2.28. The van der Waals surface area contributed by atoms with E-state index in [9.17, 15) is 18.0 Å². The zero-order valence-corrected chi connectivity index (χ0v) is 19.6. The second-order valence-corrected chi connectivity index (χ2v) is 8.27. The van der Waals surface area contributed by atoms with E-state index in [-0.39, 0.29) is 21.3 Å². The number of hydrogen-bond acceptors (Lipinski definition) is 5. The average molecular weight is 524 g/mol. The molecule has 0 fully saturated rings. The number of amides is 1. The van der Waals surface area contributed by atoms with Gasteiger partial charge in [-0.3, -0.25) is 25.4 Å². The summed E-state index contributed by atoms with van der Waals surface area (Å²) < 4.78 is 43.0. The molecule has 6 nitrogen and oxygen atoms in total. The van der Waals surface area contributed by atoms with Crippen LogP contribution in [0, 0.1) is 0 Å². The number of hydroxylamine groups is 2. The minimum Gasteiger partial charge on any atom is -0.327 e. The molecule has 3 aromatic rings. The molecule has 1 heterocycles. The maximum absolute atomic E-state index is 14.3. The highest BCUT2D eigenvalue weighted by molar-refractivity contribution is 6.42. The van der Waals surface area contributed by atoms with E-state index in [4.69, 9.17) is 28.0 Å². The first-order valence-electron chi connectivity index (χ1n) is 10.1. The summed E-state index contributed by atoms with van der Waals surface area (Å²) >= 11 is 11.9. The fourth-order valence-electron chi connectivity index (χ4n) is 3.73. The summed E-state index contributed by atoms with van der Waals surface area (Å²) in [7, 11) is 1.42. The lowest BCUT2D eigenvalue weighted by molar-refractivity contribution is -0.269. The molecular weight excluding hydrogens is 506 g/mol. The summed E-state index contributed by atoms with van der Waals surface area (Å²) in [6, 6.07) is 13.6. The number of carbonyl (C=O) groups is 1. The number of alkyl halides is 3. The molecule has 1 unspecified atom stereocenters. The fraction of sp³-hybridized carbons (Fsp3) is 0.125. The maximum Gasteiger partial charge on any atom is 0.428 e. The molecule has 35 heavy (non-hydrogen) atoms. The number of halogens is 5. The van der Waals surface area contributed by atoms with Crippen molar-refractivity contribution in [2.75, 3.05) is 7.11 Å². The first kappa shape index (κ1) is 24.9. The van der Waals surface area contributed by atoms with E-state index in [0.717, 1.165) is 12.1 Å². The van der Waals surface area contributed by atoms with Crippen LogP contribution in [0.25, 0.3) is 16.5 Å². The van der Waals surface area contributed by atoms with Gasteiger partial charge in [-0.15, -0.1) is 0 Å². The van der Waals surface area contributed by atoms with Crippen LogP contribution in [0.2, 0.25) is 10.0 Å². The van der Waals surface area contributed by atoms with Gasteiger partial charge < -0.3 is 5.32 Å². The zero-order valence-electron chi connectivity index (χ0n) is 18.0. The quantitative estimate of drug-likeness (QED) is 0.354. The van der Waals surface area contributed by atoms with Crippen molar-refractivity contribution in [3.63, 3.8) is 0 Å². The second-order valence-electron chi connectivity index (χ2n) is 7.46. The number of carbonyl (C=O) groups excluding carboxylic acids is 1. The Morgan fingerprint density at radius 1 is 1.06 bits per heavy atom. The molecule has 0 radical (unpaired) electrons. The predicted molar refractivity (Wildman–Crippen MR) is 127 cm³/mol. The van der Waals surface area contributed by atoms with Gasteiger partial charge in [-0.2, -0.15) is 13.2 Å². The molecule has 4 rings (SSSR count). The van der Waals surface area contributed by atoms with Crippen LogP contribution < -0.4 is 16.3 Å². The summed E-state index contributed by atoms with van der Waals surface area (Å²) in [5.41, 5.74) is 2.66. The van der Waals surface area contributed by atoms with Crippen LogP contribution in [0.1, 0.15) is 21.5 Å². The molecule has 0 spiro atoms. The summed E-state index contributed by atoms with van der Waals surface area (Å²) in [5, 5.41) is 3.77. The van der Waals surface area contributed by atoms with Crippen LogP contribution in [-0.2, 0) is 15.3 Å². The molecule has 0 saturated heterocycles. The molecule has 3 aromatic carbocycles. The van der Waals surface area contributed by atoms with Gasteiger partial charge in [0.2, 0.25) is 5.60 Å². The van der Waals surface area contributed by atoms with Gasteiger partial charge in [-0.25, -0.2) is 0 Å². The summed E-state index contributed by atoms with van der Waals surface area (Å²) in [6.45, 7) is 0. The molecule has 0 aromatic heterocycles. The van der Waals surface area contributed by atoms with Gasteiger partial charge in [0.05, 0.1) is 22.9 Å². The van der Waals surface area contributed by atoms with Crippen molar-refractivity contribution in [2.45, 2.75) is 11.8 Å². The van der Waals surface area contributed by atoms with Gasteiger partial charge in [0, 0.05) is 29.1 Å². The summed E-state index contributed by atoms with van der Waals surface area (Å²) in [5.74, 6) is -0.410. The van der Waals surface area contributed by atoms with Crippen LogP contribution in [0.3, 0.4) is 0 Å². The Kier molecular flexibility index (Phi) is 6.95. The molecule has 3 N–H and O–H groups in total. The van der Waals surface area contributed by atoms with E-state index in [1.165, 1.54) is 37.7 Å². The summed E-state index contributed by atoms with van der Waals surface area (Å²) in [6.07, 6.45) is -1.12. The van der Waals surface area contributed by atoms with Crippen molar-refractivity contribution in [1.82, 2.24) is 16.3 Å². The van der Waals surface area contributed by atoms with Crippen LogP contribution in [0.4, 0.5) is 13.2 Å². The number of benzene rings is 3. The highest BCUT2D eigenvalue weighted by Gasteiger charge is 2.59. The Bertz CT molecular complexity index is 1340. The Hall–Kier alpha value is -3.24. The predicted octanol–water partition coefficient (Wildman–Crippen LogP) is 5.83. The maximum atomic E-state index is 14.3. The van der Waals surface area contributed by atoms with E-state index < -0.39 is 17.7 Å². The fourth-order valence-corrected chi connectivity index (χ4v) is 4.03. The molecule has 1 atom stereocenters.